The predicted molar refractivity (Wildman–Crippen MR) is 111 cm³/mol. The molecule has 3 rings (SSSR count). The molecule has 3 aromatic rings. The number of nitrogens with zero attached hydrogens (tertiary/aromatic N) is 1. The van der Waals surface area contributed by atoms with E-state index in [2.05, 4.69) is 5.32 Å². The third-order valence-corrected chi connectivity index (χ3v) is 5.34. The van der Waals surface area contributed by atoms with Gasteiger partial charge in [-0.3, -0.25) is 9.59 Å². The second kappa shape index (κ2) is 8.74. The lowest BCUT2D eigenvalue weighted by molar-refractivity contribution is -0.119. The molecule has 2 heterocycles. The van der Waals surface area contributed by atoms with E-state index in [-0.39, 0.29) is 0 Å². The zero-order valence-corrected chi connectivity index (χ0v) is 16.9. The van der Waals surface area contributed by atoms with Crippen molar-refractivity contribution < 1.29 is 19.1 Å². The van der Waals surface area contributed by atoms with Gasteiger partial charge in [-0.15, -0.1) is 11.3 Å². The summed E-state index contributed by atoms with van der Waals surface area (Å²) >= 11 is 1.65. The number of nitrogens with two attached hydrogens (primary N) is 1. The Kier molecular flexibility index (Phi) is 6.13. The second-order valence-corrected chi connectivity index (χ2v) is 7.55. The summed E-state index contributed by atoms with van der Waals surface area (Å²) in [5, 5.41) is 4.62. The molecule has 0 spiro atoms. The Balaban J connectivity index is 1.59. The van der Waals surface area contributed by atoms with Gasteiger partial charge in [-0.05, 0) is 55.6 Å². The number of carbonyl (C=O) groups is 3. The maximum Gasteiger partial charge on any atom is 0.340 e. The quantitative estimate of drug-likeness (QED) is 0.583. The van der Waals surface area contributed by atoms with Crippen molar-refractivity contribution in [3.8, 4) is 0 Å². The Morgan fingerprint density at radius 2 is 1.86 bits per heavy atom. The summed E-state index contributed by atoms with van der Waals surface area (Å²) in [4.78, 5) is 36.8. The highest BCUT2D eigenvalue weighted by atomic mass is 32.1. The maximum atomic E-state index is 12.4. The number of anilines is 1. The lowest BCUT2D eigenvalue weighted by atomic mass is 10.2. The monoisotopic (exact) mass is 411 g/mol. The van der Waals surface area contributed by atoms with Gasteiger partial charge >= 0.3 is 5.97 Å². The van der Waals surface area contributed by atoms with Gasteiger partial charge in [-0.2, -0.15) is 0 Å². The van der Waals surface area contributed by atoms with Crippen LogP contribution >= 0.6 is 11.3 Å². The van der Waals surface area contributed by atoms with Gasteiger partial charge in [0, 0.05) is 27.5 Å². The first-order valence-corrected chi connectivity index (χ1v) is 9.79. The van der Waals surface area contributed by atoms with E-state index in [4.69, 9.17) is 10.5 Å². The Morgan fingerprint density at radius 3 is 2.48 bits per heavy atom. The van der Waals surface area contributed by atoms with Crippen molar-refractivity contribution in [1.29, 1.82) is 0 Å². The number of aromatic nitrogens is 1. The predicted octanol–water partition coefficient (Wildman–Crippen LogP) is 3.11. The fraction of sp³-hybridized carbons (Fsp3) is 0.190. The van der Waals surface area contributed by atoms with Gasteiger partial charge in [-0.1, -0.05) is 6.07 Å². The number of carbonyl (C=O) groups excluding carboxylic acids is 3. The summed E-state index contributed by atoms with van der Waals surface area (Å²) < 4.78 is 7.22. The van der Waals surface area contributed by atoms with Crippen LogP contribution in [-0.2, 0) is 16.1 Å². The van der Waals surface area contributed by atoms with Crippen LogP contribution in [0, 0.1) is 13.8 Å². The third-order valence-electron chi connectivity index (χ3n) is 4.48. The Bertz CT molecular complexity index is 1040. The van der Waals surface area contributed by atoms with Gasteiger partial charge in [0.05, 0.1) is 12.1 Å². The van der Waals surface area contributed by atoms with Crippen LogP contribution in [0.1, 0.15) is 37.0 Å². The standard InChI is InChI=1S/C21H21N3O4S/c1-13-10-18(14(2)24(13)11-17-4-3-9-29-17)21(27)28-12-19(25)23-16-7-5-15(6-8-16)20(22)26/h3-10H,11-12H2,1-2H3,(H2,22,26)(H,23,25). The molecule has 2 aromatic heterocycles. The summed E-state index contributed by atoms with van der Waals surface area (Å²) in [6.45, 7) is 4.06. The number of rotatable bonds is 7. The molecule has 150 valence electrons. The number of benzene rings is 1. The first-order valence-electron chi connectivity index (χ1n) is 8.91. The number of thiophene rings is 1. The molecule has 2 amide bonds. The third kappa shape index (κ3) is 4.91. The van der Waals surface area contributed by atoms with Gasteiger partial charge in [-0.25, -0.2) is 4.79 Å². The maximum absolute atomic E-state index is 12.4. The fourth-order valence-corrected chi connectivity index (χ4v) is 3.63. The minimum absolute atomic E-state index is 0.340. The van der Waals surface area contributed by atoms with Crippen LogP contribution in [-0.4, -0.2) is 29.0 Å². The zero-order valence-electron chi connectivity index (χ0n) is 16.1. The summed E-state index contributed by atoms with van der Waals surface area (Å²) in [7, 11) is 0. The summed E-state index contributed by atoms with van der Waals surface area (Å²) in [6.07, 6.45) is 0. The molecule has 3 N–H and O–H groups in total. The number of ether oxygens (including phenoxy) is 1. The van der Waals surface area contributed by atoms with E-state index < -0.39 is 24.4 Å². The van der Waals surface area contributed by atoms with Crippen LogP contribution in [0.2, 0.25) is 0 Å². The van der Waals surface area contributed by atoms with Crippen molar-refractivity contribution in [2.75, 3.05) is 11.9 Å². The van der Waals surface area contributed by atoms with E-state index in [0.717, 1.165) is 11.4 Å². The average molecular weight is 411 g/mol. The molecule has 0 aliphatic heterocycles. The number of nitrogens with one attached hydrogen (secondary N) is 1. The van der Waals surface area contributed by atoms with Gasteiger partial charge < -0.3 is 20.4 Å². The first-order chi connectivity index (χ1) is 13.8. The van der Waals surface area contributed by atoms with Crippen molar-refractivity contribution in [2.24, 2.45) is 5.73 Å². The van der Waals surface area contributed by atoms with Crippen LogP contribution in [0.25, 0.3) is 0 Å². The van der Waals surface area contributed by atoms with Crippen molar-refractivity contribution in [1.82, 2.24) is 4.57 Å². The highest BCUT2D eigenvalue weighted by Gasteiger charge is 2.18. The molecule has 0 atom stereocenters. The topological polar surface area (TPSA) is 103 Å². The Hall–Kier alpha value is -3.39. The van der Waals surface area contributed by atoms with Crippen molar-refractivity contribution in [2.45, 2.75) is 20.4 Å². The summed E-state index contributed by atoms with van der Waals surface area (Å²) in [5.41, 5.74) is 8.18. The van der Waals surface area contributed by atoms with E-state index in [1.807, 2.05) is 35.9 Å². The molecular formula is C21H21N3O4S. The van der Waals surface area contributed by atoms with Gasteiger partial charge in [0.1, 0.15) is 0 Å². The van der Waals surface area contributed by atoms with Crippen LogP contribution in [0.4, 0.5) is 5.69 Å². The van der Waals surface area contributed by atoms with E-state index in [9.17, 15) is 14.4 Å². The summed E-state index contributed by atoms with van der Waals surface area (Å²) in [6, 6.07) is 11.9. The Labute approximate surface area is 172 Å². The number of primary amides is 1. The van der Waals surface area contributed by atoms with Crippen molar-refractivity contribution in [3.05, 3.63) is 75.2 Å². The SMILES string of the molecule is Cc1cc(C(=O)OCC(=O)Nc2ccc(C(N)=O)cc2)c(C)n1Cc1cccs1. The zero-order chi connectivity index (χ0) is 21.0. The smallest absolute Gasteiger partial charge is 0.340 e. The van der Waals surface area contributed by atoms with E-state index in [1.165, 1.54) is 17.0 Å². The number of hydrogen-bond donors (Lipinski definition) is 2. The molecule has 0 bridgehead atoms. The molecular weight excluding hydrogens is 390 g/mol. The number of amides is 2. The van der Waals surface area contributed by atoms with Gasteiger partial charge in [0.25, 0.3) is 5.91 Å². The number of hydrogen-bond acceptors (Lipinski definition) is 5. The normalized spacial score (nSPS) is 10.6. The molecule has 8 heteroatoms. The fourth-order valence-electron chi connectivity index (χ4n) is 2.93. The molecule has 7 nitrogen and oxygen atoms in total. The minimum Gasteiger partial charge on any atom is -0.452 e. The lowest BCUT2D eigenvalue weighted by Gasteiger charge is -2.09. The van der Waals surface area contributed by atoms with Crippen LogP contribution < -0.4 is 11.1 Å². The van der Waals surface area contributed by atoms with E-state index in [0.29, 0.717) is 23.4 Å². The molecule has 0 aliphatic rings. The Morgan fingerprint density at radius 1 is 1.14 bits per heavy atom. The van der Waals surface area contributed by atoms with Gasteiger partial charge in [0.15, 0.2) is 6.61 Å². The van der Waals surface area contributed by atoms with E-state index in [1.54, 1.807) is 29.5 Å². The van der Waals surface area contributed by atoms with Crippen LogP contribution in [0.5, 0.6) is 0 Å². The number of esters is 1. The van der Waals surface area contributed by atoms with E-state index >= 15 is 0 Å². The molecule has 0 radical (unpaired) electrons. The van der Waals surface area contributed by atoms with Crippen molar-refractivity contribution >= 4 is 34.8 Å². The molecule has 0 aliphatic carbocycles. The lowest BCUT2D eigenvalue weighted by Crippen LogP contribution is -2.21. The molecule has 1 aromatic carbocycles. The van der Waals surface area contributed by atoms with Crippen LogP contribution in [0.15, 0.2) is 47.8 Å². The van der Waals surface area contributed by atoms with Gasteiger partial charge in [0.2, 0.25) is 5.91 Å². The van der Waals surface area contributed by atoms with Crippen molar-refractivity contribution in [3.63, 3.8) is 0 Å². The minimum atomic E-state index is -0.548. The number of aryl methyl sites for hydroxylation is 1. The largest absolute Gasteiger partial charge is 0.452 e. The molecule has 0 saturated heterocycles. The molecule has 0 saturated carbocycles. The highest BCUT2D eigenvalue weighted by Crippen LogP contribution is 2.20. The molecule has 29 heavy (non-hydrogen) atoms. The highest BCUT2D eigenvalue weighted by molar-refractivity contribution is 7.09. The first kappa shape index (κ1) is 20.3. The molecule has 0 fully saturated rings. The average Bonchev–Trinajstić information content (AvgIpc) is 3.30. The summed E-state index contributed by atoms with van der Waals surface area (Å²) in [5.74, 6) is -1.57. The van der Waals surface area contributed by atoms with Crippen LogP contribution in [0.3, 0.4) is 0 Å². The second-order valence-electron chi connectivity index (χ2n) is 6.52. The molecule has 0 unspecified atom stereocenters.